The van der Waals surface area contributed by atoms with E-state index in [4.69, 9.17) is 17.0 Å². The summed E-state index contributed by atoms with van der Waals surface area (Å²) in [4.78, 5) is 12.3. The molecule has 0 atom stereocenters. The number of amides is 1. The van der Waals surface area contributed by atoms with Crippen LogP contribution in [0, 0.1) is 4.77 Å². The molecule has 0 aliphatic carbocycles. The van der Waals surface area contributed by atoms with Crippen molar-refractivity contribution < 1.29 is 9.53 Å². The fraction of sp³-hybridized carbons (Fsp3) is 0.167. The van der Waals surface area contributed by atoms with Gasteiger partial charge >= 0.3 is 0 Å². The Morgan fingerprint density at radius 1 is 1.24 bits per heavy atom. The van der Waals surface area contributed by atoms with Crippen LogP contribution in [-0.4, -0.2) is 27.8 Å². The van der Waals surface area contributed by atoms with Gasteiger partial charge in [0.15, 0.2) is 4.77 Å². The van der Waals surface area contributed by atoms with Crippen LogP contribution in [0.5, 0.6) is 5.75 Å². The average Bonchev–Trinajstić information content (AvgIpc) is 2.96. The van der Waals surface area contributed by atoms with E-state index in [0.29, 0.717) is 28.6 Å². The number of H-pyrrole nitrogens is 1. The van der Waals surface area contributed by atoms with E-state index in [1.807, 2.05) is 53.1 Å². The summed E-state index contributed by atoms with van der Waals surface area (Å²) in [5.41, 5.74) is 1.77. The number of anilines is 1. The first-order valence-corrected chi connectivity index (χ1v) is 8.18. The molecule has 0 aliphatic rings. The first kappa shape index (κ1) is 16.9. The Morgan fingerprint density at radius 3 is 2.80 bits per heavy atom. The van der Waals surface area contributed by atoms with Gasteiger partial charge in [-0.1, -0.05) is 36.4 Å². The van der Waals surface area contributed by atoms with Crippen LogP contribution in [0.3, 0.4) is 0 Å². The fourth-order valence-corrected chi connectivity index (χ4v) is 2.68. The summed E-state index contributed by atoms with van der Waals surface area (Å²) in [5.74, 6) is 1.11. The van der Waals surface area contributed by atoms with Crippen molar-refractivity contribution in [3.05, 3.63) is 70.8 Å². The lowest BCUT2D eigenvalue weighted by molar-refractivity contribution is -0.115. The molecule has 0 spiro atoms. The van der Waals surface area contributed by atoms with Crippen LogP contribution in [0.1, 0.15) is 11.4 Å². The number of carbonyl (C=O) groups excluding carboxylic acids is 1. The molecular weight excluding hydrogens is 336 g/mol. The van der Waals surface area contributed by atoms with E-state index in [1.54, 1.807) is 13.2 Å². The lowest BCUT2D eigenvalue weighted by Gasteiger charge is -2.09. The molecular formula is C18H18N4O2S. The predicted octanol–water partition coefficient (Wildman–Crippen LogP) is 3.18. The number of aromatic amines is 1. The molecule has 0 radical (unpaired) electrons. The molecule has 2 aromatic carbocycles. The summed E-state index contributed by atoms with van der Waals surface area (Å²) in [7, 11) is 1.59. The number of rotatable bonds is 6. The maximum atomic E-state index is 12.3. The lowest BCUT2D eigenvalue weighted by atomic mass is 10.2. The van der Waals surface area contributed by atoms with Gasteiger partial charge < -0.3 is 10.1 Å². The van der Waals surface area contributed by atoms with Gasteiger partial charge in [-0.15, -0.1) is 0 Å². The van der Waals surface area contributed by atoms with Crippen molar-refractivity contribution in [2.45, 2.75) is 13.0 Å². The number of carbonyl (C=O) groups is 1. The van der Waals surface area contributed by atoms with Crippen molar-refractivity contribution in [2.24, 2.45) is 0 Å². The molecule has 2 N–H and O–H groups in total. The monoisotopic (exact) mass is 354 g/mol. The third kappa shape index (κ3) is 4.33. The number of nitrogens with zero attached hydrogens (tertiary/aromatic N) is 2. The molecule has 0 aliphatic heterocycles. The standard InChI is InChI=1S/C18H18N4O2S/c1-24-15-9-5-8-14(10-15)19-17(23)11-16-20-21-18(25)22(16)12-13-6-3-2-4-7-13/h2-10H,11-12H2,1H3,(H,19,23)(H,21,25). The minimum Gasteiger partial charge on any atom is -0.497 e. The largest absolute Gasteiger partial charge is 0.497 e. The second-order valence-corrected chi connectivity index (χ2v) is 5.86. The minimum absolute atomic E-state index is 0.122. The van der Waals surface area contributed by atoms with Crippen LogP contribution in [0.25, 0.3) is 0 Å². The normalized spacial score (nSPS) is 10.4. The van der Waals surface area contributed by atoms with Crippen LogP contribution in [0.4, 0.5) is 5.69 Å². The summed E-state index contributed by atoms with van der Waals surface area (Å²) < 4.78 is 7.48. The molecule has 25 heavy (non-hydrogen) atoms. The number of ether oxygens (including phenoxy) is 1. The van der Waals surface area contributed by atoms with Crippen molar-refractivity contribution in [3.8, 4) is 5.75 Å². The maximum Gasteiger partial charge on any atom is 0.232 e. The van der Waals surface area contributed by atoms with Gasteiger partial charge in [-0.2, -0.15) is 5.10 Å². The van der Waals surface area contributed by atoms with E-state index in [-0.39, 0.29) is 12.3 Å². The van der Waals surface area contributed by atoms with E-state index in [9.17, 15) is 4.79 Å². The van der Waals surface area contributed by atoms with E-state index >= 15 is 0 Å². The topological polar surface area (TPSA) is 71.9 Å². The predicted molar refractivity (Wildman–Crippen MR) is 98.3 cm³/mol. The lowest BCUT2D eigenvalue weighted by Crippen LogP contribution is -2.18. The van der Waals surface area contributed by atoms with Crippen LogP contribution in [0.2, 0.25) is 0 Å². The Morgan fingerprint density at radius 2 is 2.04 bits per heavy atom. The molecule has 1 amide bonds. The smallest absolute Gasteiger partial charge is 0.232 e. The fourth-order valence-electron chi connectivity index (χ4n) is 2.46. The molecule has 0 fully saturated rings. The average molecular weight is 354 g/mol. The molecule has 7 heteroatoms. The number of methoxy groups -OCH3 is 1. The zero-order valence-electron chi connectivity index (χ0n) is 13.7. The zero-order valence-corrected chi connectivity index (χ0v) is 14.5. The molecule has 1 aromatic heterocycles. The van der Waals surface area contributed by atoms with Gasteiger partial charge in [0.1, 0.15) is 11.6 Å². The Hall–Kier alpha value is -2.93. The van der Waals surface area contributed by atoms with Crippen LogP contribution in [0.15, 0.2) is 54.6 Å². The van der Waals surface area contributed by atoms with Gasteiger partial charge in [-0.3, -0.25) is 14.5 Å². The van der Waals surface area contributed by atoms with Crippen molar-refractivity contribution in [1.82, 2.24) is 14.8 Å². The van der Waals surface area contributed by atoms with Crippen molar-refractivity contribution >= 4 is 23.8 Å². The number of hydrogen-bond acceptors (Lipinski definition) is 4. The number of benzene rings is 2. The molecule has 128 valence electrons. The second kappa shape index (κ2) is 7.76. The zero-order chi connectivity index (χ0) is 17.6. The Kier molecular flexibility index (Phi) is 5.25. The summed E-state index contributed by atoms with van der Waals surface area (Å²) in [6, 6.07) is 17.1. The first-order valence-electron chi connectivity index (χ1n) is 7.77. The first-order chi connectivity index (χ1) is 12.2. The van der Waals surface area contributed by atoms with E-state index < -0.39 is 0 Å². The third-order valence-corrected chi connectivity index (χ3v) is 4.00. The Labute approximate surface area is 150 Å². The van der Waals surface area contributed by atoms with E-state index in [2.05, 4.69) is 15.5 Å². The molecule has 0 unspecified atom stereocenters. The van der Waals surface area contributed by atoms with Crippen molar-refractivity contribution in [2.75, 3.05) is 12.4 Å². The molecule has 1 heterocycles. The van der Waals surface area contributed by atoms with Gasteiger partial charge in [0, 0.05) is 11.8 Å². The third-order valence-electron chi connectivity index (χ3n) is 3.69. The van der Waals surface area contributed by atoms with E-state index in [0.717, 1.165) is 5.56 Å². The van der Waals surface area contributed by atoms with Gasteiger partial charge in [0.05, 0.1) is 20.1 Å². The Bertz CT molecular complexity index is 918. The molecule has 0 saturated heterocycles. The number of nitrogens with one attached hydrogen (secondary N) is 2. The van der Waals surface area contributed by atoms with Crippen molar-refractivity contribution in [1.29, 1.82) is 0 Å². The Balaban J connectivity index is 1.72. The van der Waals surface area contributed by atoms with E-state index in [1.165, 1.54) is 0 Å². The highest BCUT2D eigenvalue weighted by Gasteiger charge is 2.12. The molecule has 0 bridgehead atoms. The molecule has 0 saturated carbocycles. The number of hydrogen-bond donors (Lipinski definition) is 2. The maximum absolute atomic E-state index is 12.3. The number of aromatic nitrogens is 3. The van der Waals surface area contributed by atoms with Gasteiger partial charge in [0.25, 0.3) is 0 Å². The summed E-state index contributed by atoms with van der Waals surface area (Å²) in [6.45, 7) is 0.567. The molecule has 3 aromatic rings. The van der Waals surface area contributed by atoms with Crippen molar-refractivity contribution in [3.63, 3.8) is 0 Å². The molecule has 6 nitrogen and oxygen atoms in total. The minimum atomic E-state index is -0.170. The van der Waals surface area contributed by atoms with Gasteiger partial charge in [-0.25, -0.2) is 0 Å². The summed E-state index contributed by atoms with van der Waals surface area (Å²) in [6.07, 6.45) is 0.122. The second-order valence-electron chi connectivity index (χ2n) is 5.47. The highest BCUT2D eigenvalue weighted by molar-refractivity contribution is 7.71. The summed E-state index contributed by atoms with van der Waals surface area (Å²) >= 11 is 5.28. The summed E-state index contributed by atoms with van der Waals surface area (Å²) in [5, 5.41) is 9.79. The van der Waals surface area contributed by atoms with Gasteiger partial charge in [-0.05, 0) is 29.9 Å². The van der Waals surface area contributed by atoms with Crippen LogP contribution in [-0.2, 0) is 17.8 Å². The highest BCUT2D eigenvalue weighted by atomic mass is 32.1. The SMILES string of the molecule is COc1cccc(NC(=O)Cc2n[nH]c(=S)n2Cc2ccccc2)c1. The van der Waals surface area contributed by atoms with Crippen LogP contribution >= 0.6 is 12.2 Å². The van der Waals surface area contributed by atoms with Gasteiger partial charge in [0.2, 0.25) is 5.91 Å². The quantitative estimate of drug-likeness (QED) is 0.667. The highest BCUT2D eigenvalue weighted by Crippen LogP contribution is 2.17. The van der Waals surface area contributed by atoms with Crippen LogP contribution < -0.4 is 10.1 Å². The molecule has 3 rings (SSSR count).